The number of ketones is 1. The molecule has 1 aliphatic rings. The zero-order chi connectivity index (χ0) is 14.2. The maximum Gasteiger partial charge on any atom is 0.454 e. The first kappa shape index (κ1) is 14.0. The first-order valence-electron chi connectivity index (χ1n) is 5.69. The normalized spacial score (nSPS) is 16.6. The number of halogens is 3. The minimum Gasteiger partial charge on any atom is -0.349 e. The van der Waals surface area contributed by atoms with Crippen LogP contribution in [0.15, 0.2) is 34.2 Å². The molecule has 0 radical (unpaired) electrons. The van der Waals surface area contributed by atoms with Crippen LogP contribution >= 0.6 is 11.8 Å². The molecule has 0 aliphatic carbocycles. The van der Waals surface area contributed by atoms with Crippen molar-refractivity contribution in [3.63, 3.8) is 0 Å². The number of rotatable bonds is 2. The Balaban J connectivity index is 2.21. The van der Waals surface area contributed by atoms with E-state index in [4.69, 9.17) is 0 Å². The van der Waals surface area contributed by atoms with Crippen LogP contribution in [-0.4, -0.2) is 12.0 Å². The maximum absolute atomic E-state index is 12.2. The fourth-order valence-corrected chi connectivity index (χ4v) is 2.62. The minimum atomic E-state index is -4.83. The van der Waals surface area contributed by atoms with Gasteiger partial charge in [0.15, 0.2) is 0 Å². The highest BCUT2D eigenvalue weighted by Crippen LogP contribution is 2.42. The Bertz CT molecular complexity index is 549. The number of allylic oxidation sites excluding steroid dienone is 1. The van der Waals surface area contributed by atoms with Crippen molar-refractivity contribution in [1.29, 1.82) is 0 Å². The van der Waals surface area contributed by atoms with Gasteiger partial charge in [0.25, 0.3) is 5.78 Å². The molecule has 1 heterocycles. The van der Waals surface area contributed by atoms with Gasteiger partial charge in [-0.3, -0.25) is 4.79 Å². The monoisotopic (exact) mass is 287 g/mol. The number of hydrogen-bond donors (Lipinski definition) is 1. The molecule has 2 rings (SSSR count). The molecule has 0 fully saturated rings. The predicted octanol–water partition coefficient (Wildman–Crippen LogP) is 4.30. The molecule has 0 aromatic heterocycles. The van der Waals surface area contributed by atoms with E-state index in [2.05, 4.69) is 5.32 Å². The lowest BCUT2D eigenvalue weighted by Crippen LogP contribution is -2.20. The van der Waals surface area contributed by atoms with Gasteiger partial charge in [0.05, 0.1) is 10.7 Å². The number of fused-ring (bicyclic) bond motifs is 1. The smallest absolute Gasteiger partial charge is 0.349 e. The summed E-state index contributed by atoms with van der Waals surface area (Å²) in [5.41, 5.74) is 1.84. The van der Waals surface area contributed by atoms with Gasteiger partial charge in [-0.25, -0.2) is 0 Å². The molecule has 1 aromatic carbocycles. The first-order chi connectivity index (χ1) is 8.77. The highest BCUT2D eigenvalue weighted by molar-refractivity contribution is 8.03. The molecule has 0 amide bonds. The second-order valence-electron chi connectivity index (χ2n) is 4.51. The fraction of sp³-hybridized carbons (Fsp3) is 0.308. The van der Waals surface area contributed by atoms with Crippen LogP contribution in [-0.2, 0) is 4.79 Å². The average molecular weight is 287 g/mol. The van der Waals surface area contributed by atoms with E-state index in [1.807, 2.05) is 32.0 Å². The Morgan fingerprint density at radius 3 is 2.63 bits per heavy atom. The number of alkyl halides is 3. The second-order valence-corrected chi connectivity index (χ2v) is 5.59. The Hall–Kier alpha value is -1.43. The molecule has 0 atom stereocenters. The molecule has 1 N–H and O–H groups in total. The Kier molecular flexibility index (Phi) is 3.62. The van der Waals surface area contributed by atoms with Gasteiger partial charge in [-0.15, -0.1) is 0 Å². The molecule has 1 aliphatic heterocycles. The Labute approximate surface area is 113 Å². The highest BCUT2D eigenvalue weighted by Gasteiger charge is 2.37. The Morgan fingerprint density at radius 1 is 1.37 bits per heavy atom. The highest BCUT2D eigenvalue weighted by atomic mass is 32.2. The fourth-order valence-electron chi connectivity index (χ4n) is 1.63. The van der Waals surface area contributed by atoms with Crippen LogP contribution in [0.25, 0.3) is 0 Å². The molecule has 0 saturated carbocycles. The van der Waals surface area contributed by atoms with Gasteiger partial charge in [-0.1, -0.05) is 31.7 Å². The SMILES string of the molecule is CC(C)c1ccc2c(c1)S/C(=C/C(=O)C(F)(F)F)N2. The van der Waals surface area contributed by atoms with E-state index in [1.165, 1.54) is 0 Å². The summed E-state index contributed by atoms with van der Waals surface area (Å²) in [6.07, 6.45) is -4.23. The predicted molar refractivity (Wildman–Crippen MR) is 69.2 cm³/mol. The third-order valence-corrected chi connectivity index (χ3v) is 3.69. The number of anilines is 1. The van der Waals surface area contributed by atoms with Crippen LogP contribution in [0.4, 0.5) is 18.9 Å². The van der Waals surface area contributed by atoms with Gasteiger partial charge in [0.1, 0.15) is 0 Å². The van der Waals surface area contributed by atoms with Crippen LogP contribution in [0.2, 0.25) is 0 Å². The lowest BCUT2D eigenvalue weighted by Gasteiger charge is -2.06. The zero-order valence-electron chi connectivity index (χ0n) is 10.3. The van der Waals surface area contributed by atoms with E-state index in [0.29, 0.717) is 12.0 Å². The molecule has 19 heavy (non-hydrogen) atoms. The van der Waals surface area contributed by atoms with Gasteiger partial charge in [0.2, 0.25) is 0 Å². The van der Waals surface area contributed by atoms with E-state index in [-0.39, 0.29) is 5.03 Å². The maximum atomic E-state index is 12.2. The molecular formula is C13H12F3NOS. The molecule has 1 aromatic rings. The summed E-state index contributed by atoms with van der Waals surface area (Å²) in [7, 11) is 0. The zero-order valence-corrected chi connectivity index (χ0v) is 11.2. The van der Waals surface area contributed by atoms with Crippen molar-refractivity contribution in [1.82, 2.24) is 0 Å². The van der Waals surface area contributed by atoms with E-state index >= 15 is 0 Å². The van der Waals surface area contributed by atoms with Crippen LogP contribution < -0.4 is 5.32 Å². The molecular weight excluding hydrogens is 275 g/mol. The van der Waals surface area contributed by atoms with E-state index < -0.39 is 12.0 Å². The van der Waals surface area contributed by atoms with Crippen LogP contribution in [0.3, 0.4) is 0 Å². The minimum absolute atomic E-state index is 0.207. The van der Waals surface area contributed by atoms with Crippen molar-refractivity contribution >= 4 is 23.2 Å². The molecule has 0 saturated heterocycles. The molecule has 0 spiro atoms. The quantitative estimate of drug-likeness (QED) is 0.822. The summed E-state index contributed by atoms with van der Waals surface area (Å²) in [5, 5.41) is 3.01. The summed E-state index contributed by atoms with van der Waals surface area (Å²) in [6, 6.07) is 5.67. The van der Waals surface area contributed by atoms with E-state index in [1.54, 1.807) is 0 Å². The molecule has 102 valence electrons. The van der Waals surface area contributed by atoms with Gasteiger partial charge < -0.3 is 5.32 Å². The average Bonchev–Trinajstić information content (AvgIpc) is 2.68. The van der Waals surface area contributed by atoms with Crippen LogP contribution in [0, 0.1) is 0 Å². The molecule has 0 unspecified atom stereocenters. The third-order valence-electron chi connectivity index (χ3n) is 2.69. The van der Waals surface area contributed by atoms with Crippen molar-refractivity contribution in [3.8, 4) is 0 Å². The number of hydrogen-bond acceptors (Lipinski definition) is 3. The third kappa shape index (κ3) is 3.12. The summed E-state index contributed by atoms with van der Waals surface area (Å²) < 4.78 is 36.5. The van der Waals surface area contributed by atoms with Gasteiger partial charge >= 0.3 is 6.18 Å². The first-order valence-corrected chi connectivity index (χ1v) is 6.50. The van der Waals surface area contributed by atoms with Crippen LogP contribution in [0.1, 0.15) is 25.3 Å². The van der Waals surface area contributed by atoms with Crippen molar-refractivity contribution in [2.24, 2.45) is 0 Å². The number of thioether (sulfide) groups is 1. The van der Waals surface area contributed by atoms with Gasteiger partial charge in [-0.05, 0) is 23.6 Å². The summed E-state index contributed by atoms with van der Waals surface area (Å²) >= 11 is 1.14. The van der Waals surface area contributed by atoms with E-state index in [9.17, 15) is 18.0 Å². The number of benzene rings is 1. The van der Waals surface area contributed by atoms with Gasteiger partial charge in [-0.2, -0.15) is 13.2 Å². The lowest BCUT2D eigenvalue weighted by atomic mass is 10.0. The summed E-state index contributed by atoms with van der Waals surface area (Å²) in [6.45, 7) is 4.08. The number of carbonyl (C=O) groups is 1. The van der Waals surface area contributed by atoms with Crippen molar-refractivity contribution < 1.29 is 18.0 Å². The molecule has 6 heteroatoms. The largest absolute Gasteiger partial charge is 0.454 e. The number of carbonyl (C=O) groups excluding carboxylic acids is 1. The number of nitrogens with one attached hydrogen (secondary N) is 1. The van der Waals surface area contributed by atoms with E-state index in [0.717, 1.165) is 27.9 Å². The van der Waals surface area contributed by atoms with Crippen molar-refractivity contribution in [2.75, 3.05) is 5.32 Å². The van der Waals surface area contributed by atoms with Crippen molar-refractivity contribution in [2.45, 2.75) is 30.8 Å². The topological polar surface area (TPSA) is 29.1 Å². The second kappa shape index (κ2) is 4.92. The molecule has 2 nitrogen and oxygen atoms in total. The molecule has 0 bridgehead atoms. The Morgan fingerprint density at radius 2 is 2.05 bits per heavy atom. The summed E-state index contributed by atoms with van der Waals surface area (Å²) in [5.74, 6) is -1.50. The van der Waals surface area contributed by atoms with Crippen molar-refractivity contribution in [3.05, 3.63) is 34.9 Å². The lowest BCUT2D eigenvalue weighted by molar-refractivity contribution is -0.165. The summed E-state index contributed by atoms with van der Waals surface area (Å²) in [4.78, 5) is 11.7. The van der Waals surface area contributed by atoms with Crippen LogP contribution in [0.5, 0.6) is 0 Å². The van der Waals surface area contributed by atoms with Gasteiger partial charge in [0, 0.05) is 11.0 Å². The standard InChI is InChI=1S/C13H12F3NOS/c1-7(2)8-3-4-9-10(5-8)19-12(17-9)6-11(18)13(14,15)16/h3-7,17H,1-2H3/b12-6+.